The average Bonchev–Trinajstić information content (AvgIpc) is 3.91. The second kappa shape index (κ2) is 17.0. The number of aromatic nitrogens is 3. The van der Waals surface area contributed by atoms with Crippen LogP contribution >= 0.6 is 0 Å². The molecule has 2 atom stereocenters. The first-order valence-corrected chi connectivity index (χ1v) is 19.2. The van der Waals surface area contributed by atoms with E-state index in [-0.39, 0.29) is 28.6 Å². The molecule has 3 fully saturated rings. The van der Waals surface area contributed by atoms with Crippen LogP contribution in [0.3, 0.4) is 0 Å². The smallest absolute Gasteiger partial charge is 0.477 e. The number of hydrogen-bond acceptors (Lipinski definition) is 8. The topological polar surface area (TPSA) is 170 Å². The van der Waals surface area contributed by atoms with Gasteiger partial charge in [0.1, 0.15) is 17.2 Å². The Morgan fingerprint density at radius 1 is 0.965 bits per heavy atom. The monoisotopic (exact) mass is 798 g/mol. The Balaban J connectivity index is 0.000000719. The van der Waals surface area contributed by atoms with Crippen molar-refractivity contribution in [3.8, 4) is 0 Å². The van der Waals surface area contributed by atoms with Gasteiger partial charge >= 0.3 is 23.8 Å². The lowest BCUT2D eigenvalue weighted by molar-refractivity contribution is -0.192. The van der Waals surface area contributed by atoms with Crippen molar-refractivity contribution < 1.29 is 37.4 Å². The van der Waals surface area contributed by atoms with Gasteiger partial charge in [0, 0.05) is 61.6 Å². The third-order valence-corrected chi connectivity index (χ3v) is 11.1. The summed E-state index contributed by atoms with van der Waals surface area (Å²) >= 11 is 0. The molecular formula is C40H46F4N6O7. The van der Waals surface area contributed by atoms with E-state index in [0.29, 0.717) is 35.9 Å². The van der Waals surface area contributed by atoms with E-state index in [2.05, 4.69) is 33.9 Å². The predicted octanol–water partition coefficient (Wildman–Crippen LogP) is 6.04. The van der Waals surface area contributed by atoms with Crippen LogP contribution in [0.4, 0.5) is 34.8 Å². The van der Waals surface area contributed by atoms with E-state index < -0.39 is 35.1 Å². The number of aromatic carboxylic acids is 1. The number of nitrogens with zero attached hydrogens (tertiary/aromatic N) is 4. The first-order valence-electron chi connectivity index (χ1n) is 19.2. The molecule has 4 aromatic rings. The van der Waals surface area contributed by atoms with Crippen LogP contribution in [-0.4, -0.2) is 79.6 Å². The molecule has 0 amide bonds. The number of piperidine rings is 1. The highest BCUT2D eigenvalue weighted by atomic mass is 19.4. The molecule has 57 heavy (non-hydrogen) atoms. The molecule has 306 valence electrons. The van der Waals surface area contributed by atoms with E-state index >= 15 is 4.39 Å². The van der Waals surface area contributed by atoms with Crippen molar-refractivity contribution in [3.63, 3.8) is 0 Å². The van der Waals surface area contributed by atoms with Crippen LogP contribution in [0, 0.1) is 18.7 Å². The summed E-state index contributed by atoms with van der Waals surface area (Å²) in [5, 5.41) is 20.0. The van der Waals surface area contributed by atoms with E-state index in [4.69, 9.17) is 9.90 Å². The number of unbranched alkanes of at least 4 members (excludes halogenated alkanes) is 2. The minimum absolute atomic E-state index is 0.115. The van der Waals surface area contributed by atoms with Crippen molar-refractivity contribution in [1.82, 2.24) is 19.0 Å². The van der Waals surface area contributed by atoms with Crippen LogP contribution in [0.1, 0.15) is 79.4 Å². The van der Waals surface area contributed by atoms with Gasteiger partial charge in [-0.15, -0.1) is 0 Å². The molecule has 7 rings (SSSR count). The number of fused-ring (bicyclic) bond motifs is 2. The van der Waals surface area contributed by atoms with Crippen molar-refractivity contribution in [1.29, 1.82) is 0 Å². The number of aryl methyl sites for hydroxylation is 2. The summed E-state index contributed by atoms with van der Waals surface area (Å²) in [6.45, 7) is 7.84. The molecule has 13 nitrogen and oxygen atoms in total. The highest BCUT2D eigenvalue weighted by Crippen LogP contribution is 2.40. The summed E-state index contributed by atoms with van der Waals surface area (Å²) in [5.41, 5.74) is 2.57. The fraction of sp³-hybridized carbons (Fsp3) is 0.475. The number of H-pyrrole nitrogens is 1. The van der Waals surface area contributed by atoms with Gasteiger partial charge in [-0.1, -0.05) is 19.4 Å². The molecule has 1 saturated carbocycles. The number of carboxylic acid groups (broad SMARTS) is 2. The maximum Gasteiger partial charge on any atom is 0.490 e. The number of benzene rings is 2. The van der Waals surface area contributed by atoms with Gasteiger partial charge in [-0.05, 0) is 99.7 Å². The Kier molecular flexibility index (Phi) is 12.3. The zero-order valence-corrected chi connectivity index (χ0v) is 31.7. The van der Waals surface area contributed by atoms with E-state index in [1.54, 1.807) is 6.07 Å². The Labute approximate surface area is 324 Å². The predicted molar refractivity (Wildman–Crippen MR) is 206 cm³/mol. The molecule has 2 unspecified atom stereocenters. The fourth-order valence-electron chi connectivity index (χ4n) is 8.00. The largest absolute Gasteiger partial charge is 0.490 e. The Hall–Kier alpha value is -5.45. The minimum atomic E-state index is -5.08. The number of hydrogen-bond donors (Lipinski definition) is 4. The maximum atomic E-state index is 15.8. The second-order valence-corrected chi connectivity index (χ2v) is 15.0. The lowest BCUT2D eigenvalue weighted by Crippen LogP contribution is -2.45. The number of aromatic amines is 1. The first kappa shape index (κ1) is 41.2. The van der Waals surface area contributed by atoms with Crippen molar-refractivity contribution in [3.05, 3.63) is 96.2 Å². The zero-order valence-electron chi connectivity index (χ0n) is 31.7. The molecular weight excluding hydrogens is 752 g/mol. The summed E-state index contributed by atoms with van der Waals surface area (Å²) in [4.78, 5) is 66.6. The van der Waals surface area contributed by atoms with Crippen LogP contribution < -0.4 is 26.9 Å². The number of anilines is 3. The summed E-state index contributed by atoms with van der Waals surface area (Å²) in [7, 11) is 0. The van der Waals surface area contributed by atoms with Crippen LogP contribution in [0.5, 0.6) is 0 Å². The molecule has 0 radical (unpaired) electrons. The molecule has 2 aromatic heterocycles. The molecule has 4 N–H and O–H groups in total. The van der Waals surface area contributed by atoms with Crippen LogP contribution in [0.2, 0.25) is 0 Å². The molecule has 2 aromatic carbocycles. The molecule has 3 aliphatic rings. The Morgan fingerprint density at radius 2 is 1.68 bits per heavy atom. The number of nitrogens with one attached hydrogen (secondary N) is 2. The van der Waals surface area contributed by atoms with Crippen LogP contribution in [0.15, 0.2) is 57.0 Å². The number of rotatable bonds is 12. The second-order valence-electron chi connectivity index (χ2n) is 15.0. The van der Waals surface area contributed by atoms with Gasteiger partial charge in [0.15, 0.2) is 0 Å². The Morgan fingerprint density at radius 3 is 2.33 bits per heavy atom. The van der Waals surface area contributed by atoms with E-state index in [9.17, 15) is 37.5 Å². The van der Waals surface area contributed by atoms with Crippen LogP contribution in [0.25, 0.3) is 10.9 Å². The van der Waals surface area contributed by atoms with Crippen molar-refractivity contribution in [2.45, 2.75) is 90.0 Å². The van der Waals surface area contributed by atoms with E-state index in [1.807, 2.05) is 22.8 Å². The van der Waals surface area contributed by atoms with Crippen molar-refractivity contribution in [2.24, 2.45) is 5.92 Å². The summed E-state index contributed by atoms with van der Waals surface area (Å²) in [5.74, 6) is -3.77. The minimum Gasteiger partial charge on any atom is -0.477 e. The third kappa shape index (κ3) is 9.41. The number of aliphatic carboxylic acids is 1. The van der Waals surface area contributed by atoms with Gasteiger partial charge < -0.3 is 29.9 Å². The van der Waals surface area contributed by atoms with E-state index in [0.717, 1.165) is 76.8 Å². The van der Waals surface area contributed by atoms with Gasteiger partial charge in [0.05, 0.1) is 11.2 Å². The van der Waals surface area contributed by atoms with E-state index in [1.165, 1.54) is 34.0 Å². The fourth-order valence-corrected chi connectivity index (χ4v) is 8.00. The molecule has 2 saturated heterocycles. The number of alkyl halides is 3. The highest BCUT2D eigenvalue weighted by molar-refractivity contribution is 5.93. The number of likely N-dealkylation sites (tertiary alicyclic amines) is 1. The molecule has 4 heterocycles. The summed E-state index contributed by atoms with van der Waals surface area (Å²) in [6.07, 6.45) is 3.54. The summed E-state index contributed by atoms with van der Waals surface area (Å²) in [6, 6.07) is 10.7. The average molecular weight is 799 g/mol. The van der Waals surface area contributed by atoms with Gasteiger partial charge in [-0.3, -0.25) is 19.1 Å². The maximum absolute atomic E-state index is 15.8. The molecule has 0 spiro atoms. The molecule has 1 aliphatic carbocycles. The van der Waals surface area contributed by atoms with Gasteiger partial charge in [-0.2, -0.15) is 13.2 Å². The number of halogens is 4. The quantitative estimate of drug-likeness (QED) is 0.0979. The normalized spacial score (nSPS) is 18.2. The number of pyridine rings is 1. The highest BCUT2D eigenvalue weighted by Gasteiger charge is 2.40. The molecule has 2 aliphatic heterocycles. The van der Waals surface area contributed by atoms with Crippen molar-refractivity contribution in [2.75, 3.05) is 36.4 Å². The lowest BCUT2D eigenvalue weighted by Gasteiger charge is -2.39. The third-order valence-electron chi connectivity index (χ3n) is 11.1. The summed E-state index contributed by atoms with van der Waals surface area (Å²) < 4.78 is 50.6. The lowest BCUT2D eigenvalue weighted by atomic mass is 9.91. The molecule has 17 heteroatoms. The van der Waals surface area contributed by atoms with Gasteiger partial charge in [0.25, 0.3) is 5.56 Å². The van der Waals surface area contributed by atoms with Gasteiger partial charge in [-0.25, -0.2) is 18.8 Å². The Bertz CT molecular complexity index is 2300. The number of carboxylic acids is 2. The standard InChI is InChI=1S/C38H45FN6O5.C2HF3O2/c1-3-24-16-26(10-9-23(24)2)40-34-19-35(46)44(38(50)41-34)14-6-4-5-13-42-20-25-8-7-15-43(33(25)22-42)32-18-31-28(17-30(32)39)36(47)29(37(48)49)21-45(31)27-11-12-27;3-2(4,5)1(6)7/h9-10,16-19,21,25,27,33,40H,3-8,11-15,20,22H2,1-2H3,(H,41,50)(H,48,49);(H,6,7). The van der Waals surface area contributed by atoms with Gasteiger partial charge in [0.2, 0.25) is 5.43 Å². The SMILES string of the molecule is CCc1cc(Nc2cc(=O)n(CCCCCN3CC4CCCN(c5cc6c(cc5F)c(=O)c(C(=O)O)cn6C5CC5)C4C3)c(=O)[nH]2)ccc1C.O=C(O)C(F)(F)F. The van der Waals surface area contributed by atoms with Crippen molar-refractivity contribution >= 4 is 40.0 Å². The first-order chi connectivity index (χ1) is 27.0. The zero-order chi connectivity index (χ0) is 41.2. The number of carbonyl (C=O) groups is 2. The molecule has 0 bridgehead atoms. The van der Waals surface area contributed by atoms with Crippen LogP contribution in [-0.2, 0) is 17.8 Å².